The second-order valence-corrected chi connectivity index (χ2v) is 12.7. The highest BCUT2D eigenvalue weighted by molar-refractivity contribution is 6.35. The van der Waals surface area contributed by atoms with E-state index in [9.17, 15) is 14.7 Å². The van der Waals surface area contributed by atoms with Crippen molar-refractivity contribution in [3.8, 4) is 5.88 Å². The van der Waals surface area contributed by atoms with Crippen molar-refractivity contribution in [3.63, 3.8) is 0 Å². The van der Waals surface area contributed by atoms with Gasteiger partial charge in [0.05, 0.1) is 33.6 Å². The molecule has 12 heteroatoms. The zero-order valence-corrected chi connectivity index (χ0v) is 24.0. The highest BCUT2D eigenvalue weighted by Gasteiger charge is 2.69. The number of hydrogen-bond donors (Lipinski definition) is 2. The number of nitrogens with one attached hydrogen (secondary N) is 1. The minimum absolute atomic E-state index is 0.0814. The number of likely N-dealkylation sites (tertiary alicyclic amines) is 1. The van der Waals surface area contributed by atoms with Crippen molar-refractivity contribution in [2.24, 2.45) is 5.92 Å². The van der Waals surface area contributed by atoms with Gasteiger partial charge in [-0.2, -0.15) is 5.10 Å². The lowest BCUT2D eigenvalue weighted by molar-refractivity contribution is -0.128. The molecule has 1 aliphatic carbocycles. The number of anilines is 1. The molecule has 1 amide bonds. The van der Waals surface area contributed by atoms with Crippen molar-refractivity contribution in [3.05, 3.63) is 86.1 Å². The second-order valence-electron chi connectivity index (χ2n) is 11.4. The minimum Gasteiger partial charge on any atom is -0.478 e. The lowest BCUT2D eigenvalue weighted by Gasteiger charge is -2.39. The van der Waals surface area contributed by atoms with E-state index in [4.69, 9.17) is 44.6 Å². The van der Waals surface area contributed by atoms with Crippen LogP contribution < -0.4 is 10.1 Å². The Hall–Kier alpha value is -3.37. The molecule has 1 saturated carbocycles. The van der Waals surface area contributed by atoms with E-state index in [0.29, 0.717) is 45.5 Å². The smallest absolute Gasteiger partial charge is 0.335 e. The van der Waals surface area contributed by atoms with E-state index in [1.165, 1.54) is 24.3 Å². The zero-order valence-electron chi connectivity index (χ0n) is 21.8. The predicted octanol–water partition coefficient (Wildman–Crippen LogP) is 6.49. The highest BCUT2D eigenvalue weighted by atomic mass is 35.5. The van der Waals surface area contributed by atoms with Crippen molar-refractivity contribution in [1.29, 1.82) is 0 Å². The number of fused-ring (bicyclic) bond motifs is 7. The van der Waals surface area contributed by atoms with Crippen LogP contribution in [0.2, 0.25) is 15.1 Å². The van der Waals surface area contributed by atoms with Gasteiger partial charge in [0.25, 0.3) is 0 Å². The maximum Gasteiger partial charge on any atom is 0.335 e. The molecule has 42 heavy (non-hydrogen) atoms. The van der Waals surface area contributed by atoms with Crippen LogP contribution in [0.5, 0.6) is 5.88 Å². The molecule has 1 saturated heterocycles. The van der Waals surface area contributed by atoms with Crippen LogP contribution in [0, 0.1) is 11.7 Å². The van der Waals surface area contributed by atoms with Crippen LogP contribution in [-0.4, -0.2) is 50.9 Å². The van der Waals surface area contributed by atoms with Crippen LogP contribution in [-0.2, 0) is 10.3 Å². The van der Waals surface area contributed by atoms with Gasteiger partial charge in [0, 0.05) is 33.8 Å². The van der Waals surface area contributed by atoms with Gasteiger partial charge in [-0.25, -0.2) is 13.9 Å². The molecule has 0 radical (unpaired) electrons. The molecule has 2 N–H and O–H groups in total. The van der Waals surface area contributed by atoms with Gasteiger partial charge in [0.1, 0.15) is 18.0 Å². The number of carbonyl (C=O) groups excluding carboxylic acids is 1. The first-order valence-corrected chi connectivity index (χ1v) is 14.7. The molecular weight excluding hydrogens is 606 g/mol. The van der Waals surface area contributed by atoms with Crippen molar-refractivity contribution < 1.29 is 23.8 Å². The number of carbonyl (C=O) groups is 2. The summed E-state index contributed by atoms with van der Waals surface area (Å²) in [5, 5.41) is 18.6. The van der Waals surface area contributed by atoms with E-state index in [-0.39, 0.29) is 39.7 Å². The molecule has 4 atom stereocenters. The van der Waals surface area contributed by atoms with Gasteiger partial charge in [-0.05, 0) is 66.8 Å². The highest BCUT2D eigenvalue weighted by Crippen LogP contribution is 2.63. The molecule has 214 valence electrons. The summed E-state index contributed by atoms with van der Waals surface area (Å²) in [6, 6.07) is 11.8. The lowest BCUT2D eigenvalue weighted by atomic mass is 9.73. The molecule has 3 aliphatic heterocycles. The summed E-state index contributed by atoms with van der Waals surface area (Å²) in [6.07, 6.45) is 2.05. The Bertz CT molecular complexity index is 1860. The summed E-state index contributed by atoms with van der Waals surface area (Å²) in [5.41, 5.74) is 0.575. The normalized spacial score (nSPS) is 26.2. The summed E-state index contributed by atoms with van der Waals surface area (Å²) >= 11 is 19.2. The number of rotatable bonds is 4. The second kappa shape index (κ2) is 9.07. The fourth-order valence-electron chi connectivity index (χ4n) is 7.27. The van der Waals surface area contributed by atoms with E-state index in [0.717, 1.165) is 12.8 Å². The third kappa shape index (κ3) is 3.54. The molecule has 4 aromatic rings. The average molecular weight is 628 g/mol. The van der Waals surface area contributed by atoms with Gasteiger partial charge < -0.3 is 15.2 Å². The molecule has 8 nitrogen and oxygen atoms in total. The summed E-state index contributed by atoms with van der Waals surface area (Å²) in [6.45, 7) is 0.801. The van der Waals surface area contributed by atoms with Crippen LogP contribution in [0.3, 0.4) is 0 Å². The molecule has 8 rings (SSSR count). The number of amides is 1. The number of carboxylic acid groups (broad SMARTS) is 1. The molecule has 1 spiro atoms. The van der Waals surface area contributed by atoms with E-state index in [1.807, 2.05) is 6.07 Å². The van der Waals surface area contributed by atoms with Crippen LogP contribution in [0.25, 0.3) is 10.9 Å². The molecular formula is C30H22Cl3FN4O4. The fourth-order valence-corrected chi connectivity index (χ4v) is 7.95. The Morgan fingerprint density at radius 3 is 2.69 bits per heavy atom. The topological polar surface area (TPSA) is 96.7 Å². The molecule has 0 unspecified atom stereocenters. The first-order chi connectivity index (χ1) is 20.2. The Morgan fingerprint density at radius 1 is 1.12 bits per heavy atom. The molecule has 4 heterocycles. The quantitative estimate of drug-likeness (QED) is 0.251. The Kier molecular flexibility index (Phi) is 5.67. The largest absolute Gasteiger partial charge is 0.478 e. The van der Waals surface area contributed by atoms with Crippen LogP contribution in [0.4, 0.5) is 10.1 Å². The minimum atomic E-state index is -1.36. The summed E-state index contributed by atoms with van der Waals surface area (Å²) in [7, 11) is 0. The summed E-state index contributed by atoms with van der Waals surface area (Å²) in [4.78, 5) is 28.3. The van der Waals surface area contributed by atoms with E-state index in [2.05, 4.69) is 10.2 Å². The van der Waals surface area contributed by atoms with Crippen molar-refractivity contribution >= 4 is 63.3 Å². The van der Waals surface area contributed by atoms with Crippen molar-refractivity contribution in [1.82, 2.24) is 14.7 Å². The third-order valence-corrected chi connectivity index (χ3v) is 9.83. The number of aromatic nitrogens is 2. The number of benzene rings is 3. The molecule has 1 aromatic heterocycles. The summed E-state index contributed by atoms with van der Waals surface area (Å²) < 4.78 is 24.3. The molecule has 3 aromatic carbocycles. The van der Waals surface area contributed by atoms with Gasteiger partial charge in [-0.3, -0.25) is 9.69 Å². The number of hydrogen-bond acceptors (Lipinski definition) is 5. The Morgan fingerprint density at radius 2 is 1.93 bits per heavy atom. The SMILES string of the molecule is O=C(O)c1ccc2c3n(nc2c1)[C@@H]1[C@H](CO3)N(CC2CC2)[C@@]2(C(=O)Nc3cc(Cl)ccc32)[C@H]1c1cc(Cl)cc(Cl)c1F. The van der Waals surface area contributed by atoms with E-state index < -0.39 is 29.3 Å². The van der Waals surface area contributed by atoms with Crippen LogP contribution >= 0.6 is 34.8 Å². The Balaban J connectivity index is 1.44. The standard InChI is InChI=1S/C30H22Cl3FN4O4/c31-15-4-6-19-22(10-15)35-29(41)30(19)24(18-8-16(32)9-20(33)25(18)34)26-23(37(30)11-13-1-2-13)12-42-27-17-5-3-14(28(39)40)7-21(17)36-38(26)27/h3-10,13,23-24,26H,1-2,11-12H2,(H,35,41)(H,39,40)/t23-,24-,26+,30+/m0/s1. The first kappa shape index (κ1) is 26.3. The van der Waals surface area contributed by atoms with Crippen LogP contribution in [0.1, 0.15) is 46.3 Å². The summed E-state index contributed by atoms with van der Waals surface area (Å²) in [5.74, 6) is -2.08. The van der Waals surface area contributed by atoms with Gasteiger partial charge >= 0.3 is 5.97 Å². The van der Waals surface area contributed by atoms with Gasteiger partial charge in [-0.15, -0.1) is 0 Å². The van der Waals surface area contributed by atoms with Crippen molar-refractivity contribution in [2.75, 3.05) is 18.5 Å². The number of aromatic carboxylic acids is 1. The maximum absolute atomic E-state index is 16.2. The lowest BCUT2D eigenvalue weighted by Crippen LogP contribution is -2.54. The van der Waals surface area contributed by atoms with E-state index in [1.54, 1.807) is 22.9 Å². The van der Waals surface area contributed by atoms with Gasteiger partial charge in [0.15, 0.2) is 0 Å². The maximum atomic E-state index is 16.2. The van der Waals surface area contributed by atoms with Gasteiger partial charge in [0.2, 0.25) is 11.8 Å². The third-order valence-electron chi connectivity index (χ3n) is 9.11. The first-order valence-electron chi connectivity index (χ1n) is 13.6. The number of nitrogens with zero attached hydrogens (tertiary/aromatic N) is 3. The zero-order chi connectivity index (χ0) is 29.1. The number of halogens is 4. The Labute approximate surface area is 253 Å². The monoisotopic (exact) mass is 626 g/mol. The van der Waals surface area contributed by atoms with Crippen LogP contribution in [0.15, 0.2) is 48.5 Å². The number of carboxylic acids is 1. The average Bonchev–Trinajstić information content (AvgIpc) is 3.54. The molecule has 4 aliphatic rings. The van der Waals surface area contributed by atoms with Crippen molar-refractivity contribution in [2.45, 2.75) is 36.4 Å². The fraction of sp³-hybridized carbons (Fsp3) is 0.300. The van der Waals surface area contributed by atoms with E-state index >= 15 is 4.39 Å². The molecule has 0 bridgehead atoms. The predicted molar refractivity (Wildman–Crippen MR) is 155 cm³/mol. The number of ether oxygens (including phenoxy) is 1. The van der Waals surface area contributed by atoms with Gasteiger partial charge in [-0.1, -0.05) is 40.9 Å². The molecule has 2 fully saturated rings.